The summed E-state index contributed by atoms with van der Waals surface area (Å²) >= 11 is 6.01. The van der Waals surface area contributed by atoms with Gasteiger partial charge in [-0.3, -0.25) is 4.98 Å². The van der Waals surface area contributed by atoms with Crippen LogP contribution in [0.5, 0.6) is 0 Å². The van der Waals surface area contributed by atoms with Crippen LogP contribution in [0.25, 0.3) is 0 Å². The summed E-state index contributed by atoms with van der Waals surface area (Å²) in [6.07, 6.45) is 3.15. The van der Waals surface area contributed by atoms with Crippen molar-refractivity contribution in [1.82, 2.24) is 15.2 Å². The van der Waals surface area contributed by atoms with Gasteiger partial charge < -0.3 is 16.0 Å². The van der Waals surface area contributed by atoms with Crippen molar-refractivity contribution >= 4 is 23.6 Å². The summed E-state index contributed by atoms with van der Waals surface area (Å²) in [6, 6.07) is 3.17. The summed E-state index contributed by atoms with van der Waals surface area (Å²) in [4.78, 5) is 21.4. The molecule has 0 aliphatic heterocycles. The van der Waals surface area contributed by atoms with E-state index in [2.05, 4.69) is 15.3 Å². The molecule has 6 nitrogen and oxygen atoms in total. The first-order valence-corrected chi connectivity index (χ1v) is 7.42. The molecule has 116 valence electrons. The molecule has 7 heteroatoms. The smallest absolute Gasteiger partial charge is 0.344 e. The van der Waals surface area contributed by atoms with E-state index in [1.54, 1.807) is 18.3 Å². The van der Waals surface area contributed by atoms with Crippen LogP contribution in [0.3, 0.4) is 0 Å². The third kappa shape index (κ3) is 5.99. The third-order valence-electron chi connectivity index (χ3n) is 3.00. The van der Waals surface area contributed by atoms with Gasteiger partial charge in [-0.05, 0) is 38.8 Å². The first-order chi connectivity index (χ1) is 10.1. The standard InChI is InChI=1S/C14H22ClN5O/c1-3-20(4-2)13(16)19-14(21)18-10-6-8-12-11(15)7-5-9-17-12/h5,7,9H,3-4,6,8,10H2,1-2H3,(H3,16,18,19,21). The number of nitrogens with one attached hydrogen (secondary N) is 1. The lowest BCUT2D eigenvalue weighted by Gasteiger charge is -2.18. The fraction of sp³-hybridized carbons (Fsp3) is 0.500. The number of halogens is 1. The van der Waals surface area contributed by atoms with Crippen LogP contribution < -0.4 is 11.1 Å². The second-order valence-electron chi connectivity index (χ2n) is 4.41. The molecule has 0 spiro atoms. The molecule has 0 radical (unpaired) electrons. The fourth-order valence-corrected chi connectivity index (χ4v) is 2.03. The van der Waals surface area contributed by atoms with Crippen molar-refractivity contribution in [3.8, 4) is 0 Å². The average molecular weight is 312 g/mol. The Kier molecular flexibility index (Phi) is 7.53. The number of pyridine rings is 1. The van der Waals surface area contributed by atoms with Crippen LogP contribution in [-0.2, 0) is 6.42 Å². The van der Waals surface area contributed by atoms with Crippen molar-refractivity contribution in [2.24, 2.45) is 10.7 Å². The molecule has 2 amide bonds. The van der Waals surface area contributed by atoms with E-state index in [9.17, 15) is 4.79 Å². The van der Waals surface area contributed by atoms with Gasteiger partial charge >= 0.3 is 6.03 Å². The second kappa shape index (κ2) is 9.18. The highest BCUT2D eigenvalue weighted by atomic mass is 35.5. The normalized spacial score (nSPS) is 11.3. The van der Waals surface area contributed by atoms with Gasteiger partial charge in [0, 0.05) is 25.8 Å². The maximum absolute atomic E-state index is 11.6. The predicted molar refractivity (Wildman–Crippen MR) is 85.5 cm³/mol. The largest absolute Gasteiger partial charge is 0.369 e. The highest BCUT2D eigenvalue weighted by Gasteiger charge is 2.06. The summed E-state index contributed by atoms with van der Waals surface area (Å²) in [5.74, 6) is 0.241. The molecule has 0 saturated carbocycles. The molecule has 0 bridgehead atoms. The number of carbonyl (C=O) groups excluding carboxylic acids is 1. The summed E-state index contributed by atoms with van der Waals surface area (Å²) in [5, 5.41) is 3.35. The summed E-state index contributed by atoms with van der Waals surface area (Å²) in [7, 11) is 0. The van der Waals surface area contributed by atoms with Crippen molar-refractivity contribution in [3.05, 3.63) is 29.0 Å². The maximum atomic E-state index is 11.6. The van der Waals surface area contributed by atoms with Gasteiger partial charge in [0.25, 0.3) is 0 Å². The Bertz CT molecular complexity index is 488. The Balaban J connectivity index is 2.34. The molecule has 0 atom stereocenters. The Morgan fingerprint density at radius 2 is 2.19 bits per heavy atom. The number of aryl methyl sites for hydroxylation is 1. The van der Waals surface area contributed by atoms with Gasteiger partial charge in [-0.1, -0.05) is 11.6 Å². The highest BCUT2D eigenvalue weighted by molar-refractivity contribution is 6.31. The molecule has 0 aromatic carbocycles. The maximum Gasteiger partial charge on any atom is 0.344 e. The molecule has 1 aromatic rings. The van der Waals surface area contributed by atoms with Gasteiger partial charge in [0.05, 0.1) is 10.7 Å². The lowest BCUT2D eigenvalue weighted by molar-refractivity contribution is 0.248. The molecule has 0 saturated heterocycles. The molecule has 1 aromatic heterocycles. The first kappa shape index (κ1) is 17.2. The van der Waals surface area contributed by atoms with E-state index in [-0.39, 0.29) is 5.96 Å². The van der Waals surface area contributed by atoms with Gasteiger partial charge in [0.2, 0.25) is 5.96 Å². The molecular formula is C14H22ClN5O. The number of aliphatic imine (C=N–C) groups is 1. The molecule has 0 aliphatic rings. The predicted octanol–water partition coefficient (Wildman–Crippen LogP) is 2.03. The Labute approximate surface area is 130 Å². The molecule has 1 heterocycles. The Hall–Kier alpha value is -1.82. The van der Waals surface area contributed by atoms with E-state index < -0.39 is 6.03 Å². The van der Waals surface area contributed by atoms with Gasteiger partial charge in [0.1, 0.15) is 0 Å². The van der Waals surface area contributed by atoms with Gasteiger partial charge in [0.15, 0.2) is 0 Å². The number of hydrogen-bond acceptors (Lipinski definition) is 2. The van der Waals surface area contributed by atoms with Crippen LogP contribution in [0.1, 0.15) is 26.0 Å². The molecule has 1 rings (SSSR count). The SMILES string of the molecule is CCN(CC)C(N)=NC(=O)NCCCc1ncccc1Cl. The molecule has 0 aliphatic carbocycles. The van der Waals surface area contributed by atoms with Crippen LogP contribution in [-0.4, -0.2) is 41.5 Å². The Morgan fingerprint density at radius 3 is 2.81 bits per heavy atom. The fourth-order valence-electron chi connectivity index (χ4n) is 1.82. The molecule has 3 N–H and O–H groups in total. The zero-order chi connectivity index (χ0) is 15.7. The summed E-state index contributed by atoms with van der Waals surface area (Å²) in [6.45, 7) is 5.86. The van der Waals surface area contributed by atoms with Gasteiger partial charge in [-0.25, -0.2) is 4.79 Å². The van der Waals surface area contributed by atoms with Crippen molar-refractivity contribution in [3.63, 3.8) is 0 Å². The third-order valence-corrected chi connectivity index (χ3v) is 3.35. The monoisotopic (exact) mass is 311 g/mol. The van der Waals surface area contributed by atoms with E-state index in [0.717, 1.165) is 25.2 Å². The zero-order valence-corrected chi connectivity index (χ0v) is 13.2. The lowest BCUT2D eigenvalue weighted by Crippen LogP contribution is -2.38. The number of rotatable bonds is 6. The zero-order valence-electron chi connectivity index (χ0n) is 12.5. The van der Waals surface area contributed by atoms with E-state index in [1.807, 2.05) is 18.7 Å². The molecule has 0 unspecified atom stereocenters. The number of hydrogen-bond donors (Lipinski definition) is 2. The van der Waals surface area contributed by atoms with Gasteiger partial charge in [-0.2, -0.15) is 4.99 Å². The minimum absolute atomic E-state index is 0.241. The van der Waals surface area contributed by atoms with Crippen LogP contribution >= 0.6 is 11.6 Å². The number of aromatic nitrogens is 1. The van der Waals surface area contributed by atoms with Gasteiger partial charge in [-0.15, -0.1) is 0 Å². The quantitative estimate of drug-likeness (QED) is 0.478. The van der Waals surface area contributed by atoms with Crippen LogP contribution in [0.2, 0.25) is 5.02 Å². The average Bonchev–Trinajstić information content (AvgIpc) is 2.46. The first-order valence-electron chi connectivity index (χ1n) is 7.04. The van der Waals surface area contributed by atoms with E-state index in [4.69, 9.17) is 17.3 Å². The topological polar surface area (TPSA) is 83.6 Å². The number of carbonyl (C=O) groups is 1. The van der Waals surface area contributed by atoms with Crippen molar-refractivity contribution < 1.29 is 4.79 Å². The molecule has 21 heavy (non-hydrogen) atoms. The number of amides is 2. The Morgan fingerprint density at radius 1 is 1.48 bits per heavy atom. The molecule has 0 fully saturated rings. The molecular weight excluding hydrogens is 290 g/mol. The lowest BCUT2D eigenvalue weighted by atomic mass is 10.2. The number of nitrogens with zero attached hydrogens (tertiary/aromatic N) is 3. The van der Waals surface area contributed by atoms with Crippen LogP contribution in [0, 0.1) is 0 Å². The summed E-state index contributed by atoms with van der Waals surface area (Å²) < 4.78 is 0. The highest BCUT2D eigenvalue weighted by Crippen LogP contribution is 2.13. The van der Waals surface area contributed by atoms with E-state index >= 15 is 0 Å². The number of urea groups is 1. The minimum atomic E-state index is -0.425. The van der Waals surface area contributed by atoms with Crippen molar-refractivity contribution in [2.45, 2.75) is 26.7 Å². The minimum Gasteiger partial charge on any atom is -0.369 e. The number of nitrogens with two attached hydrogens (primary N) is 1. The number of guanidine groups is 1. The van der Waals surface area contributed by atoms with Crippen molar-refractivity contribution in [2.75, 3.05) is 19.6 Å². The second-order valence-corrected chi connectivity index (χ2v) is 4.82. The van der Waals surface area contributed by atoms with E-state index in [1.165, 1.54) is 0 Å². The van der Waals surface area contributed by atoms with Crippen molar-refractivity contribution in [1.29, 1.82) is 0 Å². The summed E-state index contributed by atoms with van der Waals surface area (Å²) in [5.41, 5.74) is 6.58. The van der Waals surface area contributed by atoms with Crippen LogP contribution in [0.4, 0.5) is 4.79 Å². The van der Waals surface area contributed by atoms with E-state index in [0.29, 0.717) is 18.0 Å². The van der Waals surface area contributed by atoms with Crippen LogP contribution in [0.15, 0.2) is 23.3 Å².